The van der Waals surface area contributed by atoms with E-state index in [4.69, 9.17) is 0 Å². The van der Waals surface area contributed by atoms with Gasteiger partial charge < -0.3 is 15.1 Å². The first-order valence-electron chi connectivity index (χ1n) is 8.27. The fraction of sp³-hybridized carbons (Fsp3) is 0.421. The van der Waals surface area contributed by atoms with Crippen LogP contribution < -0.4 is 5.32 Å². The van der Waals surface area contributed by atoms with Crippen LogP contribution in [-0.2, 0) is 6.42 Å². The highest BCUT2D eigenvalue weighted by Gasteiger charge is 2.15. The molecule has 1 heterocycles. The summed E-state index contributed by atoms with van der Waals surface area (Å²) in [4.78, 5) is 10.3. The summed E-state index contributed by atoms with van der Waals surface area (Å²) in [5.41, 5.74) is 1.31. The van der Waals surface area contributed by atoms with E-state index in [1.807, 2.05) is 18.4 Å². The monoisotopic (exact) mass is 472 g/mol. The minimum atomic E-state index is 0. The van der Waals surface area contributed by atoms with Gasteiger partial charge in [-0.1, -0.05) is 36.4 Å². The molecule has 0 saturated heterocycles. The van der Waals surface area contributed by atoms with Crippen molar-refractivity contribution in [2.45, 2.75) is 12.5 Å². The highest BCUT2D eigenvalue weighted by Crippen LogP contribution is 2.16. The molecular weight excluding hydrogens is 443 g/mol. The van der Waals surface area contributed by atoms with E-state index in [1.54, 1.807) is 0 Å². The van der Waals surface area contributed by atoms with E-state index >= 15 is 0 Å². The SMILES string of the molecule is CN=C(NCC(c1ccccc1)N(C)C)N(C)CCc1cccs1.I. The molecule has 0 aliphatic rings. The normalized spacial score (nSPS) is 12.6. The zero-order valence-electron chi connectivity index (χ0n) is 15.5. The standard InChI is InChI=1S/C19H28N4S.HI/c1-20-19(23(4)13-12-17-11-8-14-24-17)21-15-18(22(2)3)16-9-6-5-7-10-16;/h5-11,14,18H,12-13,15H2,1-4H3,(H,20,21);1H. The summed E-state index contributed by atoms with van der Waals surface area (Å²) in [5, 5.41) is 5.65. The first-order valence-corrected chi connectivity index (χ1v) is 9.15. The summed E-state index contributed by atoms with van der Waals surface area (Å²) in [7, 11) is 8.17. The summed E-state index contributed by atoms with van der Waals surface area (Å²) in [6.45, 7) is 1.78. The van der Waals surface area contributed by atoms with Crippen molar-refractivity contribution in [2.75, 3.05) is 41.3 Å². The molecule has 0 aliphatic carbocycles. The van der Waals surface area contributed by atoms with Crippen LogP contribution in [0.4, 0.5) is 0 Å². The average molecular weight is 472 g/mol. The Kier molecular flexibility index (Phi) is 10.1. The van der Waals surface area contributed by atoms with Gasteiger partial charge in [-0.3, -0.25) is 4.99 Å². The number of rotatable bonds is 7. The number of benzene rings is 1. The van der Waals surface area contributed by atoms with Gasteiger partial charge >= 0.3 is 0 Å². The van der Waals surface area contributed by atoms with Crippen molar-refractivity contribution in [3.8, 4) is 0 Å². The first-order chi connectivity index (χ1) is 11.6. The second-order valence-electron chi connectivity index (χ2n) is 6.07. The van der Waals surface area contributed by atoms with Gasteiger partial charge in [0.25, 0.3) is 0 Å². The van der Waals surface area contributed by atoms with Crippen LogP contribution in [0, 0.1) is 0 Å². The predicted octanol–water partition coefficient (Wildman–Crippen LogP) is 3.72. The summed E-state index contributed by atoms with van der Waals surface area (Å²) >= 11 is 1.81. The number of hydrogen-bond acceptors (Lipinski definition) is 3. The van der Waals surface area contributed by atoms with Crippen molar-refractivity contribution in [2.24, 2.45) is 4.99 Å². The molecule has 2 rings (SSSR count). The molecule has 6 heteroatoms. The Bertz CT molecular complexity index is 614. The highest BCUT2D eigenvalue weighted by molar-refractivity contribution is 14.0. The zero-order valence-corrected chi connectivity index (χ0v) is 18.6. The smallest absolute Gasteiger partial charge is 0.193 e. The van der Waals surface area contributed by atoms with E-state index in [-0.39, 0.29) is 24.0 Å². The fourth-order valence-electron chi connectivity index (χ4n) is 2.69. The zero-order chi connectivity index (χ0) is 17.4. The average Bonchev–Trinajstić information content (AvgIpc) is 3.10. The second kappa shape index (κ2) is 11.5. The Hall–Kier alpha value is -1.12. The van der Waals surface area contributed by atoms with Gasteiger partial charge in [-0.05, 0) is 37.5 Å². The lowest BCUT2D eigenvalue weighted by Gasteiger charge is -2.28. The number of aliphatic imine (C=N–C) groups is 1. The van der Waals surface area contributed by atoms with Crippen molar-refractivity contribution >= 4 is 41.3 Å². The van der Waals surface area contributed by atoms with Gasteiger partial charge in [0.1, 0.15) is 0 Å². The summed E-state index contributed by atoms with van der Waals surface area (Å²) in [5.74, 6) is 0.939. The fourth-order valence-corrected chi connectivity index (χ4v) is 3.38. The van der Waals surface area contributed by atoms with E-state index in [9.17, 15) is 0 Å². The molecule has 138 valence electrons. The largest absolute Gasteiger partial charge is 0.354 e. The lowest BCUT2D eigenvalue weighted by Crippen LogP contribution is -2.43. The van der Waals surface area contributed by atoms with Crippen LogP contribution in [0.1, 0.15) is 16.5 Å². The Morgan fingerprint density at radius 2 is 1.84 bits per heavy atom. The maximum atomic E-state index is 4.43. The Balaban J connectivity index is 0.00000312. The van der Waals surface area contributed by atoms with E-state index < -0.39 is 0 Å². The molecule has 1 aromatic heterocycles. The molecule has 0 radical (unpaired) electrons. The van der Waals surface area contributed by atoms with E-state index in [0.717, 1.165) is 25.5 Å². The van der Waals surface area contributed by atoms with Crippen molar-refractivity contribution in [1.29, 1.82) is 0 Å². The summed E-state index contributed by atoms with van der Waals surface area (Å²) < 4.78 is 0. The minimum absolute atomic E-state index is 0. The molecule has 0 amide bonds. The quantitative estimate of drug-likeness (QED) is 0.379. The first kappa shape index (κ1) is 21.9. The van der Waals surface area contributed by atoms with Gasteiger partial charge in [-0.15, -0.1) is 35.3 Å². The topological polar surface area (TPSA) is 30.9 Å². The van der Waals surface area contributed by atoms with Crippen LogP contribution >= 0.6 is 35.3 Å². The van der Waals surface area contributed by atoms with Crippen molar-refractivity contribution < 1.29 is 0 Å². The van der Waals surface area contributed by atoms with Crippen molar-refractivity contribution in [1.82, 2.24) is 15.1 Å². The molecule has 4 nitrogen and oxygen atoms in total. The highest BCUT2D eigenvalue weighted by atomic mass is 127. The number of nitrogens with one attached hydrogen (secondary N) is 1. The van der Waals surface area contributed by atoms with Crippen LogP contribution in [-0.4, -0.2) is 57.0 Å². The molecule has 1 aromatic carbocycles. The molecule has 1 atom stereocenters. The Morgan fingerprint density at radius 1 is 1.12 bits per heavy atom. The van der Waals surface area contributed by atoms with Crippen LogP contribution in [0.25, 0.3) is 0 Å². The van der Waals surface area contributed by atoms with E-state index in [1.165, 1.54) is 10.4 Å². The molecule has 1 N–H and O–H groups in total. The molecule has 0 saturated carbocycles. The third-order valence-electron chi connectivity index (χ3n) is 4.11. The summed E-state index contributed by atoms with van der Waals surface area (Å²) in [6, 6.07) is 15.2. The van der Waals surface area contributed by atoms with Gasteiger partial charge in [0.2, 0.25) is 0 Å². The molecule has 0 aliphatic heterocycles. The molecule has 1 unspecified atom stereocenters. The van der Waals surface area contributed by atoms with Crippen molar-refractivity contribution in [3.63, 3.8) is 0 Å². The number of halogens is 1. The predicted molar refractivity (Wildman–Crippen MR) is 120 cm³/mol. The van der Waals surface area contributed by atoms with Crippen LogP contribution in [0.2, 0.25) is 0 Å². The molecule has 2 aromatic rings. The third kappa shape index (κ3) is 6.95. The van der Waals surface area contributed by atoms with Crippen LogP contribution in [0.15, 0.2) is 52.8 Å². The number of hydrogen-bond donors (Lipinski definition) is 1. The molecule has 0 bridgehead atoms. The van der Waals surface area contributed by atoms with Gasteiger partial charge in [-0.25, -0.2) is 0 Å². The van der Waals surface area contributed by atoms with Gasteiger partial charge in [0, 0.05) is 32.1 Å². The van der Waals surface area contributed by atoms with Gasteiger partial charge in [0.15, 0.2) is 5.96 Å². The maximum absolute atomic E-state index is 4.43. The second-order valence-corrected chi connectivity index (χ2v) is 7.10. The number of nitrogens with zero attached hydrogens (tertiary/aromatic N) is 3. The minimum Gasteiger partial charge on any atom is -0.354 e. The molecule has 0 fully saturated rings. The van der Waals surface area contributed by atoms with Gasteiger partial charge in [0.05, 0.1) is 6.04 Å². The number of guanidine groups is 1. The number of thiophene rings is 1. The van der Waals surface area contributed by atoms with Gasteiger partial charge in [-0.2, -0.15) is 0 Å². The lowest BCUT2D eigenvalue weighted by molar-refractivity contribution is 0.295. The summed E-state index contributed by atoms with van der Waals surface area (Å²) in [6.07, 6.45) is 1.05. The molecule has 0 spiro atoms. The number of likely N-dealkylation sites (N-methyl/N-ethyl adjacent to an activating group) is 2. The third-order valence-corrected chi connectivity index (χ3v) is 5.04. The van der Waals surface area contributed by atoms with Crippen LogP contribution in [0.5, 0.6) is 0 Å². The maximum Gasteiger partial charge on any atom is 0.193 e. The van der Waals surface area contributed by atoms with E-state index in [0.29, 0.717) is 6.04 Å². The Morgan fingerprint density at radius 3 is 2.40 bits per heavy atom. The van der Waals surface area contributed by atoms with Crippen molar-refractivity contribution in [3.05, 3.63) is 58.3 Å². The van der Waals surface area contributed by atoms with E-state index in [2.05, 4.69) is 89.1 Å². The molecular formula is C19H29IN4S. The lowest BCUT2D eigenvalue weighted by atomic mass is 10.1. The molecule has 25 heavy (non-hydrogen) atoms. The Labute approximate surface area is 173 Å². The van der Waals surface area contributed by atoms with Crippen LogP contribution in [0.3, 0.4) is 0 Å².